The summed E-state index contributed by atoms with van der Waals surface area (Å²) in [6.45, 7) is 7.37. The van der Waals surface area contributed by atoms with Gasteiger partial charge in [-0.3, -0.25) is 9.48 Å². The first-order chi connectivity index (χ1) is 14.1. The molecule has 3 aromatic heterocycles. The van der Waals surface area contributed by atoms with Gasteiger partial charge in [-0.15, -0.1) is 0 Å². The van der Waals surface area contributed by atoms with Crippen LogP contribution in [0.25, 0.3) is 11.0 Å². The zero-order valence-corrected chi connectivity index (χ0v) is 17.0. The summed E-state index contributed by atoms with van der Waals surface area (Å²) in [7, 11) is 0. The molecule has 0 spiro atoms. The van der Waals surface area contributed by atoms with E-state index in [-0.39, 0.29) is 29.3 Å². The fraction of sp³-hybridized carbons (Fsp3) is 0.474. The molecule has 3 aromatic rings. The van der Waals surface area contributed by atoms with Gasteiger partial charge in [-0.2, -0.15) is 10.2 Å². The standard InChI is InChI=1S/C19H22F4N6O/c1-5-28-7-13(10(3)26-28)9(2)24-15(30)8-29-19-16(11(4)27-29)12(17(20)21)6-14(25-19)18(22)23/h6-7,9,17-18H,5,8H2,1-4H3,(H,24,30). The molecule has 1 N–H and O–H groups in total. The van der Waals surface area contributed by atoms with Crippen molar-refractivity contribution < 1.29 is 22.4 Å². The summed E-state index contributed by atoms with van der Waals surface area (Å²) in [5.74, 6) is -0.460. The predicted molar refractivity (Wildman–Crippen MR) is 101 cm³/mol. The van der Waals surface area contributed by atoms with Crippen molar-refractivity contribution in [3.8, 4) is 0 Å². The Hall–Kier alpha value is -2.98. The van der Waals surface area contributed by atoms with Crippen molar-refractivity contribution in [2.75, 3.05) is 0 Å². The number of halogens is 4. The van der Waals surface area contributed by atoms with E-state index >= 15 is 0 Å². The second kappa shape index (κ2) is 8.41. The summed E-state index contributed by atoms with van der Waals surface area (Å²) >= 11 is 0. The summed E-state index contributed by atoms with van der Waals surface area (Å²) in [5, 5.41) is 11.2. The van der Waals surface area contributed by atoms with Crippen LogP contribution < -0.4 is 5.32 Å². The molecule has 3 rings (SSSR count). The monoisotopic (exact) mass is 426 g/mol. The highest BCUT2D eigenvalue weighted by atomic mass is 19.3. The summed E-state index contributed by atoms with van der Waals surface area (Å²) in [4.78, 5) is 16.3. The van der Waals surface area contributed by atoms with Crippen molar-refractivity contribution in [1.29, 1.82) is 0 Å². The summed E-state index contributed by atoms with van der Waals surface area (Å²) in [6.07, 6.45) is -4.17. The molecule has 0 aromatic carbocycles. The molecule has 0 aliphatic heterocycles. The lowest BCUT2D eigenvalue weighted by molar-refractivity contribution is -0.122. The van der Waals surface area contributed by atoms with E-state index in [2.05, 4.69) is 20.5 Å². The van der Waals surface area contributed by atoms with Gasteiger partial charge < -0.3 is 5.32 Å². The van der Waals surface area contributed by atoms with Gasteiger partial charge >= 0.3 is 0 Å². The molecule has 0 bridgehead atoms. The van der Waals surface area contributed by atoms with E-state index in [0.29, 0.717) is 12.6 Å². The van der Waals surface area contributed by atoms with Crippen LogP contribution in [0.15, 0.2) is 12.3 Å². The second-order valence-electron chi connectivity index (χ2n) is 6.99. The molecule has 1 unspecified atom stereocenters. The number of nitrogens with one attached hydrogen (secondary N) is 1. The highest BCUT2D eigenvalue weighted by Gasteiger charge is 2.24. The van der Waals surface area contributed by atoms with E-state index in [1.807, 2.05) is 20.0 Å². The molecular formula is C19H22F4N6O. The molecular weight excluding hydrogens is 404 g/mol. The Bertz CT molecular complexity index is 1070. The van der Waals surface area contributed by atoms with Crippen LogP contribution in [-0.2, 0) is 17.9 Å². The van der Waals surface area contributed by atoms with Crippen LogP contribution in [0.3, 0.4) is 0 Å². The van der Waals surface area contributed by atoms with Crippen molar-refractivity contribution >= 4 is 16.9 Å². The van der Waals surface area contributed by atoms with Crippen molar-refractivity contribution in [2.45, 2.75) is 59.7 Å². The zero-order valence-electron chi connectivity index (χ0n) is 17.0. The number of aromatic nitrogens is 5. The van der Waals surface area contributed by atoms with E-state index < -0.39 is 30.0 Å². The lowest BCUT2D eigenvalue weighted by Gasteiger charge is -2.13. The maximum absolute atomic E-state index is 13.4. The molecule has 1 atom stereocenters. The quantitative estimate of drug-likeness (QED) is 0.579. The smallest absolute Gasteiger partial charge is 0.280 e. The number of aryl methyl sites for hydroxylation is 3. The predicted octanol–water partition coefficient (Wildman–Crippen LogP) is 4.02. The minimum atomic E-state index is -3.03. The zero-order chi connectivity index (χ0) is 22.2. The number of hydrogen-bond acceptors (Lipinski definition) is 4. The molecule has 1 amide bonds. The first-order valence-corrected chi connectivity index (χ1v) is 9.39. The average molecular weight is 426 g/mol. The molecule has 0 saturated carbocycles. The van der Waals surface area contributed by atoms with Crippen LogP contribution in [0.2, 0.25) is 0 Å². The second-order valence-corrected chi connectivity index (χ2v) is 6.99. The lowest BCUT2D eigenvalue weighted by atomic mass is 10.1. The number of nitrogens with zero attached hydrogens (tertiary/aromatic N) is 5. The first-order valence-electron chi connectivity index (χ1n) is 9.39. The van der Waals surface area contributed by atoms with E-state index in [1.165, 1.54) is 6.92 Å². The van der Waals surface area contributed by atoms with Gasteiger partial charge in [0.2, 0.25) is 5.91 Å². The van der Waals surface area contributed by atoms with Crippen molar-refractivity contribution in [2.24, 2.45) is 0 Å². The third-order valence-corrected chi connectivity index (χ3v) is 4.83. The Kier molecular flexibility index (Phi) is 6.09. The maximum Gasteiger partial charge on any atom is 0.280 e. The molecule has 11 heteroatoms. The van der Waals surface area contributed by atoms with E-state index in [9.17, 15) is 22.4 Å². The Morgan fingerprint density at radius 2 is 1.80 bits per heavy atom. The number of alkyl halides is 4. The van der Waals surface area contributed by atoms with Crippen molar-refractivity contribution in [1.82, 2.24) is 29.9 Å². The highest BCUT2D eigenvalue weighted by molar-refractivity contribution is 5.85. The van der Waals surface area contributed by atoms with Crippen LogP contribution in [0.1, 0.15) is 60.9 Å². The van der Waals surface area contributed by atoms with E-state index in [4.69, 9.17) is 0 Å². The molecule has 0 radical (unpaired) electrons. The van der Waals surface area contributed by atoms with Crippen LogP contribution in [0.5, 0.6) is 0 Å². The SMILES string of the molecule is CCn1cc(C(C)NC(=O)Cn2nc(C)c3c(C(F)F)cc(C(F)F)nc32)c(C)n1. The van der Waals surface area contributed by atoms with Gasteiger partial charge in [0, 0.05) is 23.9 Å². The van der Waals surface area contributed by atoms with Crippen LogP contribution in [0, 0.1) is 13.8 Å². The molecule has 0 aliphatic rings. The third kappa shape index (κ3) is 4.14. The Morgan fingerprint density at radius 3 is 2.37 bits per heavy atom. The average Bonchev–Trinajstić information content (AvgIpc) is 3.20. The normalized spacial score (nSPS) is 12.9. The van der Waals surface area contributed by atoms with Crippen LogP contribution >= 0.6 is 0 Å². The number of carbonyl (C=O) groups is 1. The number of carbonyl (C=O) groups excluding carboxylic acids is 1. The van der Waals surface area contributed by atoms with Gasteiger partial charge in [0.05, 0.1) is 22.8 Å². The number of pyridine rings is 1. The topological polar surface area (TPSA) is 77.6 Å². The number of amides is 1. The van der Waals surface area contributed by atoms with Gasteiger partial charge in [0.25, 0.3) is 12.9 Å². The fourth-order valence-corrected chi connectivity index (χ4v) is 3.42. The fourth-order valence-electron chi connectivity index (χ4n) is 3.42. The maximum atomic E-state index is 13.4. The highest BCUT2D eigenvalue weighted by Crippen LogP contribution is 2.32. The third-order valence-electron chi connectivity index (χ3n) is 4.83. The Balaban J connectivity index is 1.89. The van der Waals surface area contributed by atoms with E-state index in [1.54, 1.807) is 11.6 Å². The molecule has 7 nitrogen and oxygen atoms in total. The molecule has 162 valence electrons. The molecule has 0 fully saturated rings. The van der Waals surface area contributed by atoms with Crippen molar-refractivity contribution in [3.63, 3.8) is 0 Å². The molecule has 0 saturated heterocycles. The summed E-state index contributed by atoms with van der Waals surface area (Å²) in [6, 6.07) is 0.328. The van der Waals surface area contributed by atoms with Crippen molar-refractivity contribution in [3.05, 3.63) is 40.5 Å². The molecule has 3 heterocycles. The van der Waals surface area contributed by atoms with Gasteiger partial charge in [-0.25, -0.2) is 27.2 Å². The molecule has 0 aliphatic carbocycles. The van der Waals surface area contributed by atoms with Crippen LogP contribution in [0.4, 0.5) is 17.6 Å². The van der Waals surface area contributed by atoms with Gasteiger partial charge in [0.1, 0.15) is 12.2 Å². The largest absolute Gasteiger partial charge is 0.348 e. The summed E-state index contributed by atoms with van der Waals surface area (Å²) < 4.78 is 56.0. The number of fused-ring (bicyclic) bond motifs is 1. The molecule has 30 heavy (non-hydrogen) atoms. The van der Waals surface area contributed by atoms with Gasteiger partial charge in [-0.1, -0.05) is 0 Å². The summed E-state index contributed by atoms with van der Waals surface area (Å²) in [5.41, 5.74) is 0.276. The van der Waals surface area contributed by atoms with Gasteiger partial charge in [-0.05, 0) is 33.8 Å². The van der Waals surface area contributed by atoms with Crippen LogP contribution in [-0.4, -0.2) is 30.5 Å². The Labute approximate surface area is 170 Å². The minimum Gasteiger partial charge on any atom is -0.348 e. The Morgan fingerprint density at radius 1 is 1.10 bits per heavy atom. The van der Waals surface area contributed by atoms with E-state index in [0.717, 1.165) is 15.9 Å². The lowest BCUT2D eigenvalue weighted by Crippen LogP contribution is -2.30. The first kappa shape index (κ1) is 21.7. The minimum absolute atomic E-state index is 0.0182. The number of rotatable bonds is 7. The number of hydrogen-bond donors (Lipinski definition) is 1. The van der Waals surface area contributed by atoms with Gasteiger partial charge in [0.15, 0.2) is 5.65 Å².